The second kappa shape index (κ2) is 8.10. The maximum atomic E-state index is 12.3. The van der Waals surface area contributed by atoms with Gasteiger partial charge in [0.05, 0.1) is 11.4 Å². The summed E-state index contributed by atoms with van der Waals surface area (Å²) >= 11 is 7.35. The molecule has 0 aliphatic rings. The Morgan fingerprint density at radius 1 is 1.37 bits per heavy atom. The molecule has 0 spiro atoms. The standard InChI is InChI=1S/C19H20ClN3O3S/c1-4-11(2)21-17(24)10-26-19(25)16-9-15-12(3)22-23(18(15)27-16)14-7-5-6-13(20)8-14/h5-9,11H,4,10H2,1-3H3,(H,21,24)/t11-/m1/s1. The molecule has 142 valence electrons. The third kappa shape index (κ3) is 4.31. The van der Waals surface area contributed by atoms with Gasteiger partial charge in [-0.3, -0.25) is 4.79 Å². The Labute approximate surface area is 166 Å². The number of ether oxygens (including phenoxy) is 1. The molecule has 6 nitrogen and oxygen atoms in total. The molecular weight excluding hydrogens is 386 g/mol. The molecule has 2 aromatic heterocycles. The van der Waals surface area contributed by atoms with Crippen molar-refractivity contribution in [2.75, 3.05) is 6.61 Å². The highest BCUT2D eigenvalue weighted by molar-refractivity contribution is 7.20. The van der Waals surface area contributed by atoms with Crippen LogP contribution in [0.5, 0.6) is 0 Å². The van der Waals surface area contributed by atoms with Crippen LogP contribution in [0.3, 0.4) is 0 Å². The summed E-state index contributed by atoms with van der Waals surface area (Å²) in [6, 6.07) is 9.14. The van der Waals surface area contributed by atoms with E-state index in [9.17, 15) is 9.59 Å². The Kier molecular flexibility index (Phi) is 5.82. The molecule has 3 aromatic rings. The third-order valence-corrected chi connectivity index (χ3v) is 5.48. The molecule has 0 saturated carbocycles. The van der Waals surface area contributed by atoms with Crippen molar-refractivity contribution in [1.82, 2.24) is 15.1 Å². The Hall–Kier alpha value is -2.38. The summed E-state index contributed by atoms with van der Waals surface area (Å²) in [5.41, 5.74) is 1.62. The van der Waals surface area contributed by atoms with Crippen LogP contribution in [0.1, 0.15) is 35.6 Å². The van der Waals surface area contributed by atoms with E-state index in [2.05, 4.69) is 10.4 Å². The van der Waals surface area contributed by atoms with Gasteiger partial charge >= 0.3 is 5.97 Å². The summed E-state index contributed by atoms with van der Waals surface area (Å²) < 4.78 is 6.90. The summed E-state index contributed by atoms with van der Waals surface area (Å²) in [5.74, 6) is -0.826. The largest absolute Gasteiger partial charge is 0.451 e. The number of aromatic nitrogens is 2. The molecule has 2 heterocycles. The monoisotopic (exact) mass is 405 g/mol. The number of amides is 1. The van der Waals surface area contributed by atoms with Gasteiger partial charge in [-0.1, -0.05) is 24.6 Å². The average molecular weight is 406 g/mol. The highest BCUT2D eigenvalue weighted by Crippen LogP contribution is 2.31. The highest BCUT2D eigenvalue weighted by atomic mass is 35.5. The van der Waals surface area contributed by atoms with Gasteiger partial charge in [0.25, 0.3) is 5.91 Å². The number of nitrogens with one attached hydrogen (secondary N) is 1. The zero-order chi connectivity index (χ0) is 19.6. The molecule has 27 heavy (non-hydrogen) atoms. The number of benzene rings is 1. The van der Waals surface area contributed by atoms with Crippen LogP contribution in [0.4, 0.5) is 0 Å². The lowest BCUT2D eigenvalue weighted by molar-refractivity contribution is -0.124. The topological polar surface area (TPSA) is 73.2 Å². The number of nitrogens with zero attached hydrogens (tertiary/aromatic N) is 2. The van der Waals surface area contributed by atoms with Crippen molar-refractivity contribution >= 4 is 45.0 Å². The van der Waals surface area contributed by atoms with Crippen molar-refractivity contribution in [2.24, 2.45) is 0 Å². The summed E-state index contributed by atoms with van der Waals surface area (Å²) in [6.45, 7) is 5.46. The van der Waals surface area contributed by atoms with Crippen LogP contribution >= 0.6 is 22.9 Å². The predicted molar refractivity (Wildman–Crippen MR) is 107 cm³/mol. The number of rotatable bonds is 6. The first-order chi connectivity index (χ1) is 12.9. The van der Waals surface area contributed by atoms with E-state index in [1.807, 2.05) is 39.0 Å². The van der Waals surface area contributed by atoms with Crippen molar-refractivity contribution in [1.29, 1.82) is 0 Å². The first-order valence-corrected chi connectivity index (χ1v) is 9.80. The van der Waals surface area contributed by atoms with Gasteiger partial charge < -0.3 is 10.1 Å². The maximum Gasteiger partial charge on any atom is 0.348 e. The molecule has 0 aliphatic carbocycles. The molecule has 0 bridgehead atoms. The van der Waals surface area contributed by atoms with E-state index < -0.39 is 5.97 Å². The first-order valence-electron chi connectivity index (χ1n) is 8.60. The van der Waals surface area contributed by atoms with Gasteiger partial charge in [0.1, 0.15) is 9.71 Å². The Morgan fingerprint density at radius 3 is 2.85 bits per heavy atom. The van der Waals surface area contributed by atoms with E-state index in [0.29, 0.717) is 9.90 Å². The minimum absolute atomic E-state index is 0.0480. The van der Waals surface area contributed by atoms with E-state index in [1.165, 1.54) is 11.3 Å². The lowest BCUT2D eigenvalue weighted by Crippen LogP contribution is -2.35. The van der Waals surface area contributed by atoms with Gasteiger partial charge in [0.15, 0.2) is 6.61 Å². The zero-order valence-corrected chi connectivity index (χ0v) is 16.9. The minimum atomic E-state index is -0.521. The number of hydrogen-bond donors (Lipinski definition) is 1. The van der Waals surface area contributed by atoms with Gasteiger partial charge in [0, 0.05) is 16.5 Å². The van der Waals surface area contributed by atoms with Crippen molar-refractivity contribution in [3.63, 3.8) is 0 Å². The number of carbonyl (C=O) groups excluding carboxylic acids is 2. The third-order valence-electron chi connectivity index (χ3n) is 4.15. The highest BCUT2D eigenvalue weighted by Gasteiger charge is 2.19. The fourth-order valence-corrected chi connectivity index (χ4v) is 3.81. The number of thiophene rings is 1. The quantitative estimate of drug-likeness (QED) is 0.626. The number of carbonyl (C=O) groups is 2. The normalized spacial score (nSPS) is 12.1. The second-order valence-corrected chi connectivity index (χ2v) is 7.73. The van der Waals surface area contributed by atoms with Crippen LogP contribution in [0.2, 0.25) is 5.02 Å². The van der Waals surface area contributed by atoms with Gasteiger partial charge in [-0.25, -0.2) is 9.48 Å². The molecular formula is C19H20ClN3O3S. The SMILES string of the molecule is CC[C@@H](C)NC(=O)COC(=O)c1cc2c(C)nn(-c3cccc(Cl)c3)c2s1. The zero-order valence-electron chi connectivity index (χ0n) is 15.3. The number of fused-ring (bicyclic) bond motifs is 1. The van der Waals surface area contributed by atoms with E-state index in [0.717, 1.165) is 28.0 Å². The van der Waals surface area contributed by atoms with Gasteiger partial charge in [-0.2, -0.15) is 5.10 Å². The summed E-state index contributed by atoms with van der Waals surface area (Å²) in [5, 5.41) is 8.77. The molecule has 1 amide bonds. The van der Waals surface area contributed by atoms with E-state index >= 15 is 0 Å². The first kappa shape index (κ1) is 19.4. The maximum absolute atomic E-state index is 12.3. The molecule has 1 N–H and O–H groups in total. The van der Waals surface area contributed by atoms with Crippen molar-refractivity contribution < 1.29 is 14.3 Å². The average Bonchev–Trinajstić information content (AvgIpc) is 3.20. The van der Waals surface area contributed by atoms with Crippen LogP contribution in [-0.2, 0) is 9.53 Å². The smallest absolute Gasteiger partial charge is 0.348 e. The van der Waals surface area contributed by atoms with Crippen LogP contribution in [0.15, 0.2) is 30.3 Å². The van der Waals surface area contributed by atoms with Gasteiger partial charge in [0.2, 0.25) is 0 Å². The molecule has 3 rings (SSSR count). The molecule has 8 heteroatoms. The molecule has 0 saturated heterocycles. The van der Waals surface area contributed by atoms with Crippen molar-refractivity contribution in [3.8, 4) is 5.69 Å². The lowest BCUT2D eigenvalue weighted by atomic mass is 10.2. The van der Waals surface area contributed by atoms with Gasteiger partial charge in [-0.15, -0.1) is 11.3 Å². The summed E-state index contributed by atoms with van der Waals surface area (Å²) in [7, 11) is 0. The van der Waals surface area contributed by atoms with E-state index in [1.54, 1.807) is 16.8 Å². The molecule has 0 aliphatic heterocycles. The van der Waals surface area contributed by atoms with Crippen LogP contribution in [-0.4, -0.2) is 34.3 Å². The fraction of sp³-hybridized carbons (Fsp3) is 0.316. The van der Waals surface area contributed by atoms with Crippen LogP contribution in [0, 0.1) is 6.92 Å². The second-order valence-electron chi connectivity index (χ2n) is 6.26. The number of aryl methyl sites for hydroxylation is 1. The van der Waals surface area contributed by atoms with Gasteiger partial charge in [-0.05, 0) is 44.5 Å². The number of hydrogen-bond acceptors (Lipinski definition) is 5. The molecule has 1 atom stereocenters. The Balaban J connectivity index is 1.79. The molecule has 0 radical (unpaired) electrons. The van der Waals surface area contributed by atoms with E-state index in [-0.39, 0.29) is 18.6 Å². The number of esters is 1. The lowest BCUT2D eigenvalue weighted by Gasteiger charge is -2.11. The fourth-order valence-electron chi connectivity index (χ4n) is 2.55. The minimum Gasteiger partial charge on any atom is -0.451 e. The molecule has 1 aromatic carbocycles. The van der Waals surface area contributed by atoms with Crippen LogP contribution < -0.4 is 5.32 Å². The van der Waals surface area contributed by atoms with Crippen molar-refractivity contribution in [2.45, 2.75) is 33.2 Å². The molecule has 0 fully saturated rings. The Morgan fingerprint density at radius 2 is 2.15 bits per heavy atom. The predicted octanol–water partition coefficient (Wildman–Crippen LogP) is 4.12. The summed E-state index contributed by atoms with van der Waals surface area (Å²) in [4.78, 5) is 25.4. The Bertz CT molecular complexity index is 995. The van der Waals surface area contributed by atoms with Crippen molar-refractivity contribution in [3.05, 3.63) is 45.9 Å². The summed E-state index contributed by atoms with van der Waals surface area (Å²) in [6.07, 6.45) is 0.815. The van der Waals surface area contributed by atoms with Crippen LogP contribution in [0.25, 0.3) is 15.9 Å². The van der Waals surface area contributed by atoms with E-state index in [4.69, 9.17) is 16.3 Å². The molecule has 0 unspecified atom stereocenters. The number of halogens is 1.